The van der Waals surface area contributed by atoms with Gasteiger partial charge in [0.05, 0.1) is 0 Å². The molecule has 0 N–H and O–H groups in total. The van der Waals surface area contributed by atoms with Gasteiger partial charge in [-0.1, -0.05) is 6.92 Å². The lowest BCUT2D eigenvalue weighted by molar-refractivity contribution is -0.118. The van der Waals surface area contributed by atoms with Crippen molar-refractivity contribution in [3.05, 3.63) is 12.2 Å². The van der Waals surface area contributed by atoms with Gasteiger partial charge in [0.25, 0.3) is 0 Å². The third-order valence-corrected chi connectivity index (χ3v) is 3.33. The van der Waals surface area contributed by atoms with Crippen molar-refractivity contribution >= 4 is 22.5 Å². The van der Waals surface area contributed by atoms with Crippen LogP contribution in [0.25, 0.3) is 0 Å². The summed E-state index contributed by atoms with van der Waals surface area (Å²) < 4.78 is 0.185. The van der Waals surface area contributed by atoms with Crippen molar-refractivity contribution in [2.45, 2.75) is 37.9 Å². The van der Waals surface area contributed by atoms with Gasteiger partial charge in [0, 0.05) is 19.3 Å². The van der Waals surface area contributed by atoms with Gasteiger partial charge in [-0.3, -0.25) is 4.79 Å². The highest BCUT2D eigenvalue weighted by molar-refractivity contribution is 7.79. The summed E-state index contributed by atoms with van der Waals surface area (Å²) in [5, 5.41) is 2.09. The zero-order chi connectivity index (χ0) is 9.03. The smallest absolute Gasteiger partial charge is 0.211 e. The highest BCUT2D eigenvalue weighted by atomic mass is 32.1. The van der Waals surface area contributed by atoms with E-state index in [9.17, 15) is 4.79 Å². The van der Waals surface area contributed by atoms with Crippen LogP contribution in [0.3, 0.4) is 0 Å². The summed E-state index contributed by atoms with van der Waals surface area (Å²) in [7, 11) is 0. The fourth-order valence-electron chi connectivity index (χ4n) is 1.18. The van der Waals surface area contributed by atoms with Gasteiger partial charge >= 0.3 is 0 Å². The summed E-state index contributed by atoms with van der Waals surface area (Å²) in [6.07, 6.45) is 6.62. The number of carbonyl (C=O) groups excluding carboxylic acids is 1. The van der Waals surface area contributed by atoms with Crippen LogP contribution < -0.4 is 0 Å². The molecule has 0 amide bonds. The third kappa shape index (κ3) is 2.52. The van der Waals surface area contributed by atoms with Crippen molar-refractivity contribution in [3.63, 3.8) is 0 Å². The number of carbonyl (C=O) groups is 1. The summed E-state index contributed by atoms with van der Waals surface area (Å²) in [5.41, 5.74) is 0. The molecule has 1 aliphatic rings. The highest BCUT2D eigenvalue weighted by Gasteiger charge is 2.33. The molecule has 0 fully saturated rings. The average Bonchev–Trinajstić information content (AvgIpc) is 2.49. The first-order valence-electron chi connectivity index (χ1n) is 4.37. The number of Topliss-reactive ketones (excluding diaryl/α,β-unsaturated/α-hetero) is 1. The Morgan fingerprint density at radius 1 is 1.58 bits per heavy atom. The van der Waals surface area contributed by atoms with E-state index in [4.69, 9.17) is 0 Å². The molecule has 2 heteroatoms. The Labute approximate surface area is 77.8 Å². The van der Waals surface area contributed by atoms with Gasteiger partial charge in [-0.15, -0.1) is 0 Å². The molecule has 1 atom stereocenters. The zero-order valence-electron chi connectivity index (χ0n) is 7.67. The minimum atomic E-state index is 0.185. The van der Waals surface area contributed by atoms with Crippen LogP contribution in [0, 0.1) is 0 Å². The molecule has 1 aliphatic heterocycles. The predicted molar refractivity (Wildman–Crippen MR) is 55.5 cm³/mol. The first-order valence-corrected chi connectivity index (χ1v) is 5.25. The highest BCUT2D eigenvalue weighted by Crippen LogP contribution is 2.20. The lowest BCUT2D eigenvalue weighted by Gasteiger charge is -2.06. The summed E-state index contributed by atoms with van der Waals surface area (Å²) in [4.78, 5) is 11.1. The van der Waals surface area contributed by atoms with Gasteiger partial charge < -0.3 is 0 Å². The molecule has 12 heavy (non-hydrogen) atoms. The molecular formula is C10H15OS+. The average molecular weight is 183 g/mol. The van der Waals surface area contributed by atoms with Crippen molar-refractivity contribution in [1.29, 1.82) is 0 Å². The van der Waals surface area contributed by atoms with E-state index in [1.165, 1.54) is 0 Å². The first kappa shape index (κ1) is 9.59. The summed E-state index contributed by atoms with van der Waals surface area (Å²) >= 11 is 1.81. The molecule has 1 nitrogen and oxygen atoms in total. The van der Waals surface area contributed by atoms with Gasteiger partial charge in [0.15, 0.2) is 16.7 Å². The van der Waals surface area contributed by atoms with E-state index >= 15 is 0 Å². The van der Waals surface area contributed by atoms with Crippen molar-refractivity contribution < 1.29 is 4.79 Å². The summed E-state index contributed by atoms with van der Waals surface area (Å²) in [5.74, 6) is 0.372. The lowest BCUT2D eigenvalue weighted by Crippen LogP contribution is -2.19. The van der Waals surface area contributed by atoms with Gasteiger partial charge in [0.2, 0.25) is 4.75 Å². The molecule has 0 saturated carbocycles. The van der Waals surface area contributed by atoms with E-state index in [1.54, 1.807) is 0 Å². The normalized spacial score (nSPS) is 26.5. The molecule has 0 aromatic rings. The molecule has 0 saturated heterocycles. The number of hydrogen-bond donors (Lipinski definition) is 0. The maximum atomic E-state index is 11.1. The SMILES string of the molecule is CCC(=O)CC[C@]1(C)C=CC=[S+]1. The first-order chi connectivity index (χ1) is 5.66. The van der Waals surface area contributed by atoms with Crippen molar-refractivity contribution in [2.75, 3.05) is 0 Å². The second-order valence-electron chi connectivity index (χ2n) is 3.32. The zero-order valence-corrected chi connectivity index (χ0v) is 8.49. The van der Waals surface area contributed by atoms with Crippen molar-refractivity contribution in [3.8, 4) is 0 Å². The van der Waals surface area contributed by atoms with E-state index in [0.29, 0.717) is 12.2 Å². The lowest BCUT2D eigenvalue weighted by atomic mass is 10.0. The number of hydrogen-bond acceptors (Lipinski definition) is 1. The minimum absolute atomic E-state index is 0.185. The van der Waals surface area contributed by atoms with E-state index in [0.717, 1.165) is 12.8 Å². The quantitative estimate of drug-likeness (QED) is 0.481. The largest absolute Gasteiger partial charge is 0.300 e. The van der Waals surface area contributed by atoms with Crippen LogP contribution in [0.4, 0.5) is 0 Å². The molecule has 1 rings (SSSR count). The molecule has 0 aromatic heterocycles. The molecule has 0 aromatic carbocycles. The Balaban J connectivity index is 2.36. The van der Waals surface area contributed by atoms with Gasteiger partial charge in [-0.25, -0.2) is 0 Å². The molecule has 66 valence electrons. The van der Waals surface area contributed by atoms with Crippen LogP contribution in [0.1, 0.15) is 33.1 Å². The molecule has 0 spiro atoms. The number of allylic oxidation sites excluding steroid dienone is 1. The summed E-state index contributed by atoms with van der Waals surface area (Å²) in [6.45, 7) is 4.11. The fourth-order valence-corrected chi connectivity index (χ4v) is 2.03. The number of ketones is 1. The van der Waals surface area contributed by atoms with Crippen LogP contribution >= 0.6 is 0 Å². The maximum Gasteiger partial charge on any atom is 0.211 e. The van der Waals surface area contributed by atoms with E-state index in [-0.39, 0.29) is 4.75 Å². The van der Waals surface area contributed by atoms with Crippen LogP contribution in [-0.2, 0) is 16.1 Å². The molecule has 0 radical (unpaired) electrons. The molecular weight excluding hydrogens is 168 g/mol. The topological polar surface area (TPSA) is 17.1 Å². The van der Waals surface area contributed by atoms with E-state index in [1.807, 2.05) is 18.3 Å². The predicted octanol–water partition coefficient (Wildman–Crippen LogP) is 1.96. The second-order valence-corrected chi connectivity index (χ2v) is 4.76. The van der Waals surface area contributed by atoms with E-state index in [2.05, 4.69) is 24.4 Å². The van der Waals surface area contributed by atoms with Crippen molar-refractivity contribution in [1.82, 2.24) is 0 Å². The van der Waals surface area contributed by atoms with Gasteiger partial charge in [0.1, 0.15) is 5.78 Å². The Morgan fingerprint density at radius 3 is 2.83 bits per heavy atom. The van der Waals surface area contributed by atoms with Gasteiger partial charge in [-0.2, -0.15) is 0 Å². The van der Waals surface area contributed by atoms with Crippen LogP contribution in [0.5, 0.6) is 0 Å². The molecule has 0 unspecified atom stereocenters. The van der Waals surface area contributed by atoms with E-state index < -0.39 is 0 Å². The molecule has 0 aliphatic carbocycles. The van der Waals surface area contributed by atoms with Crippen molar-refractivity contribution in [2.24, 2.45) is 0 Å². The monoisotopic (exact) mass is 183 g/mol. The van der Waals surface area contributed by atoms with Crippen LogP contribution in [0.15, 0.2) is 12.2 Å². The Hall–Kier alpha value is -0.500. The number of rotatable bonds is 4. The minimum Gasteiger partial charge on any atom is -0.300 e. The second kappa shape index (κ2) is 3.94. The maximum absolute atomic E-state index is 11.1. The molecule has 0 bridgehead atoms. The Bertz CT molecular complexity index is 216. The summed E-state index contributed by atoms with van der Waals surface area (Å²) in [6, 6.07) is 0. The standard InChI is InChI=1S/C10H15OS/c1-3-9(11)5-7-10(2)6-4-8-12-10/h4,6,8H,3,5,7H2,1-2H3/q+1/t10-/m0/s1. The Morgan fingerprint density at radius 2 is 2.33 bits per heavy atom. The Kier molecular flexibility index (Phi) is 3.15. The van der Waals surface area contributed by atoms with Crippen LogP contribution in [0.2, 0.25) is 0 Å². The van der Waals surface area contributed by atoms with Crippen LogP contribution in [-0.4, -0.2) is 15.9 Å². The molecule has 1 heterocycles. The fraction of sp³-hybridized carbons (Fsp3) is 0.600. The van der Waals surface area contributed by atoms with Gasteiger partial charge in [-0.05, 0) is 19.1 Å². The third-order valence-electron chi connectivity index (χ3n) is 2.16.